The van der Waals surface area contributed by atoms with Crippen LogP contribution in [0.1, 0.15) is 51.3 Å². The molecule has 3 unspecified atom stereocenters. The summed E-state index contributed by atoms with van der Waals surface area (Å²) in [6.45, 7) is 10.5. The van der Waals surface area contributed by atoms with E-state index in [0.717, 1.165) is 19.5 Å². The second kappa shape index (κ2) is 7.08. The van der Waals surface area contributed by atoms with Crippen molar-refractivity contribution in [3.8, 4) is 0 Å². The van der Waals surface area contributed by atoms with Crippen LogP contribution in [0.5, 0.6) is 0 Å². The quantitative estimate of drug-likeness (QED) is 0.902. The molecule has 21 heavy (non-hydrogen) atoms. The lowest BCUT2D eigenvalue weighted by molar-refractivity contribution is -0.126. The number of carbonyl (C=O) groups is 1. The van der Waals surface area contributed by atoms with E-state index in [2.05, 4.69) is 55.3 Å². The summed E-state index contributed by atoms with van der Waals surface area (Å²) in [6.07, 6.45) is 2.25. The normalized spacial score (nSPS) is 22.0. The third-order valence-corrected chi connectivity index (χ3v) is 4.63. The van der Waals surface area contributed by atoms with Gasteiger partial charge in [-0.1, -0.05) is 38.1 Å². The van der Waals surface area contributed by atoms with Gasteiger partial charge >= 0.3 is 0 Å². The number of benzene rings is 1. The maximum absolute atomic E-state index is 12.4. The molecule has 1 aromatic carbocycles. The highest BCUT2D eigenvalue weighted by molar-refractivity contribution is 5.81. The van der Waals surface area contributed by atoms with Crippen molar-refractivity contribution in [1.29, 1.82) is 0 Å². The van der Waals surface area contributed by atoms with Crippen molar-refractivity contribution in [1.82, 2.24) is 10.2 Å². The van der Waals surface area contributed by atoms with Crippen molar-refractivity contribution in [2.45, 2.75) is 52.6 Å². The van der Waals surface area contributed by atoms with Crippen LogP contribution >= 0.6 is 0 Å². The summed E-state index contributed by atoms with van der Waals surface area (Å²) in [5.74, 6) is 0.843. The molecule has 0 aromatic heterocycles. The molecule has 1 aliphatic heterocycles. The van der Waals surface area contributed by atoms with Gasteiger partial charge in [0.1, 0.15) is 0 Å². The molecule has 2 rings (SSSR count). The summed E-state index contributed by atoms with van der Waals surface area (Å²) in [6, 6.07) is 8.55. The van der Waals surface area contributed by atoms with E-state index < -0.39 is 0 Å². The second-order valence-electron chi connectivity index (χ2n) is 6.39. The van der Waals surface area contributed by atoms with E-state index in [1.807, 2.05) is 6.92 Å². The number of rotatable bonds is 5. The number of aryl methyl sites for hydroxylation is 1. The Balaban J connectivity index is 1.91. The maximum atomic E-state index is 12.4. The van der Waals surface area contributed by atoms with Crippen molar-refractivity contribution in [3.63, 3.8) is 0 Å². The molecular weight excluding hydrogens is 260 g/mol. The minimum absolute atomic E-state index is 0.0349. The molecule has 0 bridgehead atoms. The summed E-state index contributed by atoms with van der Waals surface area (Å²) in [4.78, 5) is 14.7. The largest absolute Gasteiger partial charge is 0.348 e. The molecule has 0 spiro atoms. The van der Waals surface area contributed by atoms with Crippen molar-refractivity contribution in [2.24, 2.45) is 5.92 Å². The number of carbonyl (C=O) groups excluding carboxylic acids is 1. The average molecular weight is 288 g/mol. The van der Waals surface area contributed by atoms with Gasteiger partial charge in [0, 0.05) is 6.54 Å². The third kappa shape index (κ3) is 4.07. The highest BCUT2D eigenvalue weighted by Gasteiger charge is 2.28. The number of nitrogens with one attached hydrogen (secondary N) is 1. The lowest BCUT2D eigenvalue weighted by Gasteiger charge is -2.25. The molecule has 0 aliphatic carbocycles. The zero-order valence-electron chi connectivity index (χ0n) is 13.7. The fourth-order valence-electron chi connectivity index (χ4n) is 2.95. The minimum atomic E-state index is -0.0349. The van der Waals surface area contributed by atoms with Gasteiger partial charge < -0.3 is 5.32 Å². The van der Waals surface area contributed by atoms with Crippen LogP contribution in [0.4, 0.5) is 0 Å². The van der Waals surface area contributed by atoms with Gasteiger partial charge in [-0.3, -0.25) is 9.69 Å². The highest BCUT2D eigenvalue weighted by Crippen LogP contribution is 2.19. The van der Waals surface area contributed by atoms with Gasteiger partial charge in [-0.2, -0.15) is 0 Å². The molecule has 1 amide bonds. The van der Waals surface area contributed by atoms with Gasteiger partial charge in [-0.15, -0.1) is 0 Å². The van der Waals surface area contributed by atoms with Crippen molar-refractivity contribution < 1.29 is 4.79 Å². The number of hydrogen-bond acceptors (Lipinski definition) is 2. The Bertz CT molecular complexity index is 469. The average Bonchev–Trinajstić information content (AvgIpc) is 2.93. The van der Waals surface area contributed by atoms with Crippen molar-refractivity contribution in [2.75, 3.05) is 13.1 Å². The van der Waals surface area contributed by atoms with Crippen molar-refractivity contribution >= 4 is 5.91 Å². The van der Waals surface area contributed by atoms with Crippen LogP contribution in [-0.2, 0) is 11.2 Å². The molecule has 1 saturated heterocycles. The molecular formula is C18H28N2O. The Labute approximate surface area is 128 Å². The van der Waals surface area contributed by atoms with E-state index in [-0.39, 0.29) is 18.0 Å². The smallest absolute Gasteiger partial charge is 0.237 e. The van der Waals surface area contributed by atoms with E-state index in [1.54, 1.807) is 0 Å². The summed E-state index contributed by atoms with van der Waals surface area (Å²) < 4.78 is 0. The first-order valence-corrected chi connectivity index (χ1v) is 8.14. The highest BCUT2D eigenvalue weighted by atomic mass is 16.2. The standard InChI is InChI=1S/C18H28N2O/c1-5-16-6-8-17(9-7-16)14(3)19-18(21)15(4)20-11-10-13(2)12-20/h6-9,13-15H,5,10-12H2,1-4H3,(H,19,21). The minimum Gasteiger partial charge on any atom is -0.348 e. The molecule has 1 aromatic rings. The number of likely N-dealkylation sites (tertiary alicyclic amines) is 1. The topological polar surface area (TPSA) is 32.3 Å². The van der Waals surface area contributed by atoms with Gasteiger partial charge in [0.25, 0.3) is 0 Å². The first kappa shape index (κ1) is 16.0. The van der Waals surface area contributed by atoms with E-state index in [9.17, 15) is 4.79 Å². The summed E-state index contributed by atoms with van der Waals surface area (Å²) in [5.41, 5.74) is 2.50. The lowest BCUT2D eigenvalue weighted by atomic mass is 10.0. The van der Waals surface area contributed by atoms with Gasteiger partial charge in [-0.05, 0) is 50.3 Å². The van der Waals surface area contributed by atoms with E-state index in [1.165, 1.54) is 17.5 Å². The molecule has 1 fully saturated rings. The van der Waals surface area contributed by atoms with Crippen LogP contribution in [0.3, 0.4) is 0 Å². The SMILES string of the molecule is CCc1ccc(C(C)NC(=O)C(C)N2CCC(C)C2)cc1. The first-order valence-electron chi connectivity index (χ1n) is 8.14. The summed E-state index contributed by atoms with van der Waals surface area (Å²) in [5, 5.41) is 3.14. The Morgan fingerprint density at radius 2 is 2.00 bits per heavy atom. The maximum Gasteiger partial charge on any atom is 0.237 e. The molecule has 116 valence electrons. The van der Waals surface area contributed by atoms with Crippen LogP contribution in [0, 0.1) is 5.92 Å². The Hall–Kier alpha value is -1.35. The molecule has 3 atom stereocenters. The number of amides is 1. The monoisotopic (exact) mass is 288 g/mol. The third-order valence-electron chi connectivity index (χ3n) is 4.63. The lowest BCUT2D eigenvalue weighted by Crippen LogP contribution is -2.44. The fraction of sp³-hybridized carbons (Fsp3) is 0.611. The predicted octanol–water partition coefficient (Wildman–Crippen LogP) is 3.16. The Morgan fingerprint density at radius 1 is 1.33 bits per heavy atom. The zero-order chi connectivity index (χ0) is 15.4. The van der Waals surface area contributed by atoms with Gasteiger partial charge in [0.15, 0.2) is 0 Å². The zero-order valence-corrected chi connectivity index (χ0v) is 13.7. The van der Waals surface area contributed by atoms with Gasteiger partial charge in [0.2, 0.25) is 5.91 Å². The molecule has 3 nitrogen and oxygen atoms in total. The van der Waals surface area contributed by atoms with Crippen LogP contribution in [-0.4, -0.2) is 29.9 Å². The number of nitrogens with zero attached hydrogens (tertiary/aromatic N) is 1. The van der Waals surface area contributed by atoms with Gasteiger partial charge in [-0.25, -0.2) is 0 Å². The van der Waals surface area contributed by atoms with Crippen LogP contribution in [0.2, 0.25) is 0 Å². The molecule has 1 N–H and O–H groups in total. The van der Waals surface area contributed by atoms with E-state index in [0.29, 0.717) is 5.92 Å². The molecule has 0 radical (unpaired) electrons. The van der Waals surface area contributed by atoms with Crippen LogP contribution in [0.25, 0.3) is 0 Å². The summed E-state index contributed by atoms with van der Waals surface area (Å²) >= 11 is 0. The first-order chi connectivity index (χ1) is 10.0. The predicted molar refractivity (Wildman–Crippen MR) is 87.2 cm³/mol. The number of hydrogen-bond donors (Lipinski definition) is 1. The fourth-order valence-corrected chi connectivity index (χ4v) is 2.95. The van der Waals surface area contributed by atoms with Crippen LogP contribution in [0.15, 0.2) is 24.3 Å². The molecule has 1 aliphatic rings. The molecule has 0 saturated carbocycles. The summed E-state index contributed by atoms with van der Waals surface area (Å²) in [7, 11) is 0. The Kier molecular flexibility index (Phi) is 5.40. The van der Waals surface area contributed by atoms with Crippen LogP contribution < -0.4 is 5.32 Å². The van der Waals surface area contributed by atoms with E-state index >= 15 is 0 Å². The second-order valence-corrected chi connectivity index (χ2v) is 6.39. The Morgan fingerprint density at radius 3 is 2.52 bits per heavy atom. The molecule has 1 heterocycles. The van der Waals surface area contributed by atoms with Crippen molar-refractivity contribution in [3.05, 3.63) is 35.4 Å². The van der Waals surface area contributed by atoms with E-state index in [4.69, 9.17) is 0 Å². The van der Waals surface area contributed by atoms with Gasteiger partial charge in [0.05, 0.1) is 12.1 Å². The molecule has 3 heteroatoms.